The van der Waals surface area contributed by atoms with Crippen molar-refractivity contribution < 1.29 is 0 Å². The van der Waals surface area contributed by atoms with Gasteiger partial charge < -0.3 is 5.32 Å². The summed E-state index contributed by atoms with van der Waals surface area (Å²) in [5.74, 6) is 0.705. The minimum atomic E-state index is 0.379. The van der Waals surface area contributed by atoms with Crippen LogP contribution in [0.15, 0.2) is 18.6 Å². The van der Waals surface area contributed by atoms with E-state index in [1.54, 1.807) is 6.20 Å². The Balaban J connectivity index is 2.06. The van der Waals surface area contributed by atoms with Gasteiger partial charge in [-0.25, -0.2) is 0 Å². The van der Waals surface area contributed by atoms with Crippen molar-refractivity contribution in [2.75, 3.05) is 6.54 Å². The zero-order valence-electron chi connectivity index (χ0n) is 12.5. The Bertz CT molecular complexity index is 365. The van der Waals surface area contributed by atoms with Crippen LogP contribution in [0.1, 0.15) is 64.6 Å². The highest BCUT2D eigenvalue weighted by Crippen LogP contribution is 2.42. The molecule has 0 saturated heterocycles. The Morgan fingerprint density at radius 2 is 2.05 bits per heavy atom. The Labute approximate surface area is 117 Å². The molecule has 0 bridgehead atoms. The van der Waals surface area contributed by atoms with E-state index >= 15 is 0 Å². The molecule has 1 atom stereocenters. The third-order valence-corrected chi connectivity index (χ3v) is 4.37. The van der Waals surface area contributed by atoms with Crippen LogP contribution in [0.5, 0.6) is 0 Å². The summed E-state index contributed by atoms with van der Waals surface area (Å²) in [7, 11) is 0. The van der Waals surface area contributed by atoms with E-state index in [9.17, 15) is 0 Å². The van der Waals surface area contributed by atoms with Crippen LogP contribution in [0.25, 0.3) is 0 Å². The van der Waals surface area contributed by atoms with Gasteiger partial charge in [-0.1, -0.05) is 20.8 Å². The fourth-order valence-corrected chi connectivity index (χ4v) is 3.04. The maximum atomic E-state index is 4.52. The fourth-order valence-electron chi connectivity index (χ4n) is 3.04. The number of nitrogens with zero attached hydrogens (tertiary/aromatic N) is 2. The standard InChI is InChI=1S/C16H27N3/c1-4-9-19-15(14-12-17-10-11-18-14)13-5-7-16(2,3)8-6-13/h10-13,15,19H,4-9H2,1-3H3. The highest BCUT2D eigenvalue weighted by Gasteiger charge is 2.32. The molecule has 1 aliphatic rings. The first kappa shape index (κ1) is 14.4. The quantitative estimate of drug-likeness (QED) is 0.877. The highest BCUT2D eigenvalue weighted by molar-refractivity contribution is 5.05. The smallest absolute Gasteiger partial charge is 0.0758 e. The molecular weight excluding hydrogens is 234 g/mol. The zero-order valence-corrected chi connectivity index (χ0v) is 12.5. The van der Waals surface area contributed by atoms with E-state index < -0.39 is 0 Å². The van der Waals surface area contributed by atoms with E-state index in [1.165, 1.54) is 25.7 Å². The molecule has 3 nitrogen and oxygen atoms in total. The van der Waals surface area contributed by atoms with Crippen molar-refractivity contribution in [1.29, 1.82) is 0 Å². The Morgan fingerprint density at radius 3 is 2.63 bits per heavy atom. The summed E-state index contributed by atoms with van der Waals surface area (Å²) in [6, 6.07) is 0.379. The summed E-state index contributed by atoms with van der Waals surface area (Å²) in [6.07, 6.45) is 11.9. The average molecular weight is 261 g/mol. The fraction of sp³-hybridized carbons (Fsp3) is 0.750. The Hall–Kier alpha value is -0.960. The van der Waals surface area contributed by atoms with E-state index in [4.69, 9.17) is 0 Å². The lowest BCUT2D eigenvalue weighted by Gasteiger charge is -2.38. The molecule has 1 aromatic rings. The van der Waals surface area contributed by atoms with Gasteiger partial charge in [-0.05, 0) is 50.0 Å². The van der Waals surface area contributed by atoms with Gasteiger partial charge in [-0.2, -0.15) is 0 Å². The molecule has 0 amide bonds. The molecule has 0 spiro atoms. The minimum Gasteiger partial charge on any atom is -0.308 e. The van der Waals surface area contributed by atoms with Crippen molar-refractivity contribution in [2.24, 2.45) is 11.3 Å². The predicted octanol–water partition coefficient (Wildman–Crippen LogP) is 3.73. The molecule has 1 aliphatic carbocycles. The lowest BCUT2D eigenvalue weighted by atomic mass is 9.70. The maximum Gasteiger partial charge on any atom is 0.0758 e. The normalized spacial score (nSPS) is 21.2. The summed E-state index contributed by atoms with van der Waals surface area (Å²) in [5, 5.41) is 3.68. The predicted molar refractivity (Wildman–Crippen MR) is 78.8 cm³/mol. The highest BCUT2D eigenvalue weighted by atomic mass is 15.0. The van der Waals surface area contributed by atoms with Gasteiger partial charge in [-0.3, -0.25) is 9.97 Å². The van der Waals surface area contributed by atoms with E-state index in [2.05, 4.69) is 36.1 Å². The number of rotatable bonds is 5. The first-order valence-corrected chi connectivity index (χ1v) is 7.62. The molecule has 1 heterocycles. The van der Waals surface area contributed by atoms with E-state index in [0.717, 1.165) is 18.7 Å². The number of hydrogen-bond donors (Lipinski definition) is 1. The van der Waals surface area contributed by atoms with Crippen LogP contribution in [0.2, 0.25) is 0 Å². The van der Waals surface area contributed by atoms with Gasteiger partial charge in [0, 0.05) is 18.6 Å². The molecule has 1 saturated carbocycles. The van der Waals surface area contributed by atoms with Crippen LogP contribution in [-0.2, 0) is 0 Å². The van der Waals surface area contributed by atoms with Crippen molar-refractivity contribution in [2.45, 2.75) is 58.9 Å². The van der Waals surface area contributed by atoms with Gasteiger partial charge in [0.25, 0.3) is 0 Å². The third-order valence-electron chi connectivity index (χ3n) is 4.37. The topological polar surface area (TPSA) is 37.8 Å². The Kier molecular flexibility index (Phi) is 4.92. The molecule has 1 unspecified atom stereocenters. The molecular formula is C16H27N3. The maximum absolute atomic E-state index is 4.52. The second-order valence-electron chi connectivity index (χ2n) is 6.56. The molecule has 0 radical (unpaired) electrons. The van der Waals surface area contributed by atoms with E-state index in [1.807, 2.05) is 12.4 Å². The lowest BCUT2D eigenvalue weighted by Crippen LogP contribution is -2.33. The van der Waals surface area contributed by atoms with E-state index in [0.29, 0.717) is 17.4 Å². The SMILES string of the molecule is CCCNC(c1cnccn1)C1CCC(C)(C)CC1. The summed E-state index contributed by atoms with van der Waals surface area (Å²) in [6.45, 7) is 8.05. The second-order valence-corrected chi connectivity index (χ2v) is 6.56. The van der Waals surface area contributed by atoms with Crippen molar-refractivity contribution in [3.63, 3.8) is 0 Å². The molecule has 19 heavy (non-hydrogen) atoms. The molecule has 2 rings (SSSR count). The largest absolute Gasteiger partial charge is 0.308 e. The minimum absolute atomic E-state index is 0.379. The summed E-state index contributed by atoms with van der Waals surface area (Å²) >= 11 is 0. The van der Waals surface area contributed by atoms with Gasteiger partial charge in [0.1, 0.15) is 0 Å². The van der Waals surface area contributed by atoms with Gasteiger partial charge in [0.2, 0.25) is 0 Å². The van der Waals surface area contributed by atoms with Crippen molar-refractivity contribution in [3.8, 4) is 0 Å². The molecule has 1 aromatic heterocycles. The molecule has 1 N–H and O–H groups in total. The van der Waals surface area contributed by atoms with Gasteiger partial charge in [0.15, 0.2) is 0 Å². The molecule has 106 valence electrons. The first-order chi connectivity index (χ1) is 9.12. The number of nitrogens with one attached hydrogen (secondary N) is 1. The van der Waals surface area contributed by atoms with Crippen LogP contribution in [0.3, 0.4) is 0 Å². The Morgan fingerprint density at radius 1 is 1.32 bits per heavy atom. The van der Waals surface area contributed by atoms with Crippen LogP contribution in [0.4, 0.5) is 0 Å². The number of hydrogen-bond acceptors (Lipinski definition) is 3. The molecule has 3 heteroatoms. The van der Waals surface area contributed by atoms with Crippen LogP contribution < -0.4 is 5.32 Å². The van der Waals surface area contributed by atoms with Crippen molar-refractivity contribution in [3.05, 3.63) is 24.3 Å². The number of aromatic nitrogens is 2. The first-order valence-electron chi connectivity index (χ1n) is 7.62. The lowest BCUT2D eigenvalue weighted by molar-refractivity contribution is 0.160. The van der Waals surface area contributed by atoms with Crippen LogP contribution >= 0.6 is 0 Å². The molecule has 0 aliphatic heterocycles. The van der Waals surface area contributed by atoms with Crippen LogP contribution in [0, 0.1) is 11.3 Å². The second kappa shape index (κ2) is 6.47. The average Bonchev–Trinajstić information content (AvgIpc) is 2.42. The van der Waals surface area contributed by atoms with Crippen molar-refractivity contribution in [1.82, 2.24) is 15.3 Å². The molecule has 1 fully saturated rings. The summed E-state index contributed by atoms with van der Waals surface area (Å²) in [4.78, 5) is 8.75. The van der Waals surface area contributed by atoms with Crippen molar-refractivity contribution >= 4 is 0 Å². The van der Waals surface area contributed by atoms with Crippen LogP contribution in [-0.4, -0.2) is 16.5 Å². The summed E-state index contributed by atoms with van der Waals surface area (Å²) < 4.78 is 0. The van der Waals surface area contributed by atoms with E-state index in [-0.39, 0.29) is 0 Å². The van der Waals surface area contributed by atoms with Gasteiger partial charge in [-0.15, -0.1) is 0 Å². The zero-order chi connectivity index (χ0) is 13.7. The molecule has 0 aromatic carbocycles. The third kappa shape index (κ3) is 4.00. The van der Waals surface area contributed by atoms with Gasteiger partial charge >= 0.3 is 0 Å². The monoisotopic (exact) mass is 261 g/mol. The van der Waals surface area contributed by atoms with Gasteiger partial charge in [0.05, 0.1) is 11.7 Å². The summed E-state index contributed by atoms with van der Waals surface area (Å²) in [5.41, 5.74) is 1.63.